The minimum absolute atomic E-state index is 0.135. The Morgan fingerprint density at radius 1 is 1.24 bits per heavy atom. The fraction of sp³-hybridized carbons (Fsp3) is 0.923. The van der Waals surface area contributed by atoms with Crippen molar-refractivity contribution in [3.63, 3.8) is 0 Å². The molecule has 3 N–H and O–H groups in total. The summed E-state index contributed by atoms with van der Waals surface area (Å²) in [5.74, 6) is 0.135. The van der Waals surface area contributed by atoms with Gasteiger partial charge in [-0.25, -0.2) is 0 Å². The molecule has 2 saturated carbocycles. The van der Waals surface area contributed by atoms with Crippen LogP contribution in [0.4, 0.5) is 0 Å². The van der Waals surface area contributed by atoms with Crippen LogP contribution in [-0.4, -0.2) is 35.7 Å². The number of carbonyl (C=O) groups is 1. The maximum absolute atomic E-state index is 11.4. The van der Waals surface area contributed by atoms with Gasteiger partial charge >= 0.3 is 0 Å². The highest BCUT2D eigenvalue weighted by Gasteiger charge is 2.28. The number of hydrogen-bond donors (Lipinski definition) is 3. The van der Waals surface area contributed by atoms with E-state index in [1.54, 1.807) is 0 Å². The first-order valence-corrected chi connectivity index (χ1v) is 6.90. The number of amides is 1. The minimum atomic E-state index is -0.523. The molecule has 0 radical (unpaired) electrons. The Kier molecular flexibility index (Phi) is 4.40. The van der Waals surface area contributed by atoms with Crippen LogP contribution in [0.1, 0.15) is 51.4 Å². The van der Waals surface area contributed by atoms with E-state index in [0.717, 1.165) is 38.5 Å². The van der Waals surface area contributed by atoms with E-state index in [9.17, 15) is 9.90 Å². The van der Waals surface area contributed by atoms with Crippen LogP contribution in [0.25, 0.3) is 0 Å². The largest absolute Gasteiger partial charge is 0.389 e. The first-order valence-electron chi connectivity index (χ1n) is 6.90. The highest BCUT2D eigenvalue weighted by Crippen LogP contribution is 2.27. The summed E-state index contributed by atoms with van der Waals surface area (Å²) in [5.41, 5.74) is -0.523. The van der Waals surface area contributed by atoms with Gasteiger partial charge in [-0.05, 0) is 25.7 Å². The summed E-state index contributed by atoms with van der Waals surface area (Å²) in [7, 11) is 0. The van der Waals surface area contributed by atoms with Crippen LogP contribution in [-0.2, 0) is 4.79 Å². The molecule has 2 aliphatic rings. The molecule has 0 unspecified atom stereocenters. The summed E-state index contributed by atoms with van der Waals surface area (Å²) < 4.78 is 0. The zero-order valence-corrected chi connectivity index (χ0v) is 10.5. The molecular weight excluding hydrogens is 216 g/mol. The number of carbonyl (C=O) groups excluding carboxylic acids is 1. The van der Waals surface area contributed by atoms with Gasteiger partial charge in [0.15, 0.2) is 0 Å². The van der Waals surface area contributed by atoms with Crippen molar-refractivity contribution in [3.05, 3.63) is 0 Å². The van der Waals surface area contributed by atoms with E-state index in [1.807, 2.05) is 0 Å². The Labute approximate surface area is 103 Å². The maximum atomic E-state index is 11.4. The van der Waals surface area contributed by atoms with Gasteiger partial charge in [-0.15, -0.1) is 0 Å². The summed E-state index contributed by atoms with van der Waals surface area (Å²) in [6.45, 7) is 1.30. The van der Waals surface area contributed by atoms with Gasteiger partial charge in [0.25, 0.3) is 0 Å². The minimum Gasteiger partial charge on any atom is -0.389 e. The topological polar surface area (TPSA) is 61.4 Å². The van der Waals surface area contributed by atoms with Gasteiger partial charge in [0.05, 0.1) is 5.60 Å². The highest BCUT2D eigenvalue weighted by atomic mass is 16.3. The second-order valence-electron chi connectivity index (χ2n) is 5.55. The third-order valence-electron chi connectivity index (χ3n) is 3.71. The standard InChI is InChI=1S/C13H24N2O2/c16-12(15-11-4-5-11)6-9-14-10-13(17)7-2-1-3-8-13/h11,14,17H,1-10H2,(H,15,16). The first kappa shape index (κ1) is 12.8. The zero-order valence-electron chi connectivity index (χ0n) is 10.5. The second-order valence-corrected chi connectivity index (χ2v) is 5.55. The van der Waals surface area contributed by atoms with E-state index < -0.39 is 5.60 Å². The first-order chi connectivity index (χ1) is 8.18. The summed E-state index contributed by atoms with van der Waals surface area (Å²) in [4.78, 5) is 11.4. The molecule has 0 atom stereocenters. The quantitative estimate of drug-likeness (QED) is 0.606. The molecular formula is C13H24N2O2. The van der Waals surface area contributed by atoms with E-state index in [-0.39, 0.29) is 5.91 Å². The van der Waals surface area contributed by atoms with Crippen LogP contribution >= 0.6 is 0 Å². The molecule has 0 aromatic heterocycles. The van der Waals surface area contributed by atoms with Gasteiger partial charge in [0.2, 0.25) is 5.91 Å². The normalized spacial score (nSPS) is 23.4. The average molecular weight is 240 g/mol. The van der Waals surface area contributed by atoms with E-state index in [2.05, 4.69) is 10.6 Å². The van der Waals surface area contributed by atoms with Crippen LogP contribution in [0.5, 0.6) is 0 Å². The lowest BCUT2D eigenvalue weighted by atomic mass is 9.85. The molecule has 0 aliphatic heterocycles. The SMILES string of the molecule is O=C(CCNCC1(O)CCCCC1)NC1CC1. The van der Waals surface area contributed by atoms with Gasteiger partial charge < -0.3 is 15.7 Å². The van der Waals surface area contributed by atoms with Gasteiger partial charge in [-0.1, -0.05) is 19.3 Å². The molecule has 4 nitrogen and oxygen atoms in total. The molecule has 2 rings (SSSR count). The summed E-state index contributed by atoms with van der Waals surface area (Å²) in [6.07, 6.45) is 8.08. The predicted molar refractivity (Wildman–Crippen MR) is 66.7 cm³/mol. The number of aliphatic hydroxyl groups is 1. The Morgan fingerprint density at radius 2 is 1.94 bits per heavy atom. The monoisotopic (exact) mass is 240 g/mol. The van der Waals surface area contributed by atoms with Crippen LogP contribution in [0.15, 0.2) is 0 Å². The van der Waals surface area contributed by atoms with Crippen molar-refractivity contribution in [3.8, 4) is 0 Å². The lowest BCUT2D eigenvalue weighted by Crippen LogP contribution is -2.43. The molecule has 0 heterocycles. The smallest absolute Gasteiger partial charge is 0.221 e. The highest BCUT2D eigenvalue weighted by molar-refractivity contribution is 5.76. The van der Waals surface area contributed by atoms with Crippen molar-refractivity contribution in [2.45, 2.75) is 63.0 Å². The van der Waals surface area contributed by atoms with Crippen molar-refractivity contribution in [2.24, 2.45) is 0 Å². The fourth-order valence-corrected chi connectivity index (χ4v) is 2.44. The van der Waals surface area contributed by atoms with Crippen molar-refractivity contribution in [2.75, 3.05) is 13.1 Å². The number of nitrogens with one attached hydrogen (secondary N) is 2. The molecule has 98 valence electrons. The van der Waals surface area contributed by atoms with Crippen molar-refractivity contribution in [1.29, 1.82) is 0 Å². The molecule has 0 saturated heterocycles. The predicted octanol–water partition coefficient (Wildman–Crippen LogP) is 0.940. The van der Waals surface area contributed by atoms with Crippen LogP contribution in [0, 0.1) is 0 Å². The van der Waals surface area contributed by atoms with Crippen LogP contribution in [0.2, 0.25) is 0 Å². The molecule has 0 aromatic rings. The lowest BCUT2D eigenvalue weighted by Gasteiger charge is -2.32. The Balaban J connectivity index is 1.53. The lowest BCUT2D eigenvalue weighted by molar-refractivity contribution is -0.121. The van der Waals surface area contributed by atoms with Crippen molar-refractivity contribution < 1.29 is 9.90 Å². The fourth-order valence-electron chi connectivity index (χ4n) is 2.44. The average Bonchev–Trinajstić information content (AvgIpc) is 3.09. The van der Waals surface area contributed by atoms with Crippen molar-refractivity contribution in [1.82, 2.24) is 10.6 Å². The number of rotatable bonds is 6. The van der Waals surface area contributed by atoms with Gasteiger partial charge in [-0.3, -0.25) is 4.79 Å². The van der Waals surface area contributed by atoms with E-state index in [0.29, 0.717) is 25.6 Å². The van der Waals surface area contributed by atoms with Gasteiger partial charge in [0.1, 0.15) is 0 Å². The maximum Gasteiger partial charge on any atom is 0.221 e. The molecule has 0 spiro atoms. The Morgan fingerprint density at radius 3 is 2.59 bits per heavy atom. The van der Waals surface area contributed by atoms with Crippen molar-refractivity contribution >= 4 is 5.91 Å². The van der Waals surface area contributed by atoms with E-state index in [1.165, 1.54) is 6.42 Å². The number of hydrogen-bond acceptors (Lipinski definition) is 3. The molecule has 4 heteroatoms. The van der Waals surface area contributed by atoms with E-state index in [4.69, 9.17) is 0 Å². The third kappa shape index (κ3) is 4.64. The zero-order chi connectivity index (χ0) is 12.1. The second kappa shape index (κ2) is 5.83. The molecule has 1 amide bonds. The summed E-state index contributed by atoms with van der Waals surface area (Å²) >= 11 is 0. The molecule has 0 aromatic carbocycles. The van der Waals surface area contributed by atoms with Crippen LogP contribution < -0.4 is 10.6 Å². The van der Waals surface area contributed by atoms with Gasteiger partial charge in [0, 0.05) is 25.6 Å². The third-order valence-corrected chi connectivity index (χ3v) is 3.71. The Hall–Kier alpha value is -0.610. The molecule has 0 bridgehead atoms. The molecule has 2 fully saturated rings. The summed E-state index contributed by atoms with van der Waals surface area (Å²) in [5, 5.41) is 16.4. The Bertz CT molecular complexity index is 258. The van der Waals surface area contributed by atoms with Crippen LogP contribution in [0.3, 0.4) is 0 Å². The summed E-state index contributed by atoms with van der Waals surface area (Å²) in [6, 6.07) is 0.449. The van der Waals surface area contributed by atoms with E-state index >= 15 is 0 Å². The molecule has 2 aliphatic carbocycles. The van der Waals surface area contributed by atoms with Gasteiger partial charge in [-0.2, -0.15) is 0 Å². The molecule has 17 heavy (non-hydrogen) atoms.